The molecule has 1 rings (SSSR count). The number of carbonyl (C=O) groups excluding carboxylic acids is 1. The largest absolute Gasteiger partial charge is 0.358 e. The smallest absolute Gasteiger partial charge is 0.280 e. The first-order valence-corrected chi connectivity index (χ1v) is 8.65. The minimum Gasteiger partial charge on any atom is -0.280 e. The summed E-state index contributed by atoms with van der Waals surface area (Å²) in [5, 5.41) is 0. The van der Waals surface area contributed by atoms with Crippen molar-refractivity contribution in [3.05, 3.63) is 29.1 Å². The monoisotopic (exact) mass is 382 g/mol. The van der Waals surface area contributed by atoms with Crippen LogP contribution < -0.4 is 4.89 Å². The van der Waals surface area contributed by atoms with E-state index in [0.29, 0.717) is 12.8 Å². The average molecular weight is 382 g/mol. The zero-order chi connectivity index (χ0) is 19.9. The quantitative estimate of drug-likeness (QED) is 0.127. The van der Waals surface area contributed by atoms with E-state index < -0.39 is 46.7 Å². The van der Waals surface area contributed by atoms with E-state index in [1.165, 1.54) is 0 Å². The normalized spacial score (nSPS) is 13.4. The summed E-state index contributed by atoms with van der Waals surface area (Å²) in [6.45, 7) is 5.71. The fourth-order valence-corrected chi connectivity index (χ4v) is 2.51. The molecule has 0 heterocycles. The number of halogens is 5. The second kappa shape index (κ2) is 10.3. The van der Waals surface area contributed by atoms with Crippen molar-refractivity contribution in [1.29, 1.82) is 0 Å². The molecular weight excluding hydrogens is 359 g/mol. The first-order valence-electron chi connectivity index (χ1n) is 8.65. The van der Waals surface area contributed by atoms with Gasteiger partial charge < -0.3 is 0 Å². The van der Waals surface area contributed by atoms with Crippen LogP contribution in [-0.2, 0) is 9.68 Å². The van der Waals surface area contributed by atoms with Crippen LogP contribution in [-0.4, -0.2) is 5.97 Å². The van der Waals surface area contributed by atoms with Crippen molar-refractivity contribution >= 4 is 5.97 Å². The number of hydrogen-bond donors (Lipinski definition) is 0. The predicted molar refractivity (Wildman–Crippen MR) is 84.7 cm³/mol. The molecule has 8 heteroatoms. The van der Waals surface area contributed by atoms with Crippen molar-refractivity contribution in [1.82, 2.24) is 0 Å². The van der Waals surface area contributed by atoms with Gasteiger partial charge in [-0.2, -0.15) is 8.78 Å². The molecule has 0 fully saturated rings. The maximum Gasteiger partial charge on any atom is 0.358 e. The average Bonchev–Trinajstić information content (AvgIpc) is 2.64. The minimum absolute atomic E-state index is 0.0934. The second-order valence-electron chi connectivity index (χ2n) is 6.23. The van der Waals surface area contributed by atoms with Gasteiger partial charge in [-0.25, -0.2) is 22.9 Å². The van der Waals surface area contributed by atoms with E-state index >= 15 is 0 Å². The molecule has 0 aliphatic heterocycles. The molecule has 0 N–H and O–H groups in total. The van der Waals surface area contributed by atoms with Gasteiger partial charge in [0, 0.05) is 0 Å². The van der Waals surface area contributed by atoms with Gasteiger partial charge >= 0.3 is 5.97 Å². The molecule has 0 saturated carbocycles. The molecule has 0 spiro atoms. The summed E-state index contributed by atoms with van der Waals surface area (Å²) in [4.78, 5) is 20.8. The molecule has 148 valence electrons. The van der Waals surface area contributed by atoms with Gasteiger partial charge in [-0.15, -0.1) is 0 Å². The molecular formula is C18H23F5O3. The summed E-state index contributed by atoms with van der Waals surface area (Å²) in [5.41, 5.74) is 0. The highest BCUT2D eigenvalue weighted by molar-refractivity contribution is 5.72. The lowest BCUT2D eigenvalue weighted by Gasteiger charge is -2.20. The van der Waals surface area contributed by atoms with E-state index in [2.05, 4.69) is 9.78 Å². The lowest BCUT2D eigenvalue weighted by Crippen LogP contribution is -2.26. The van der Waals surface area contributed by atoms with Crippen molar-refractivity contribution in [3.63, 3.8) is 0 Å². The Morgan fingerprint density at radius 1 is 0.885 bits per heavy atom. The lowest BCUT2D eigenvalue weighted by molar-refractivity contribution is -0.223. The van der Waals surface area contributed by atoms with E-state index in [0.717, 1.165) is 25.7 Å². The Morgan fingerprint density at radius 3 is 1.92 bits per heavy atom. The van der Waals surface area contributed by atoms with Crippen molar-refractivity contribution in [2.75, 3.05) is 0 Å². The van der Waals surface area contributed by atoms with Crippen LogP contribution in [0.1, 0.15) is 59.3 Å². The van der Waals surface area contributed by atoms with Gasteiger partial charge in [-0.05, 0) is 12.3 Å². The van der Waals surface area contributed by atoms with Crippen LogP contribution in [0, 0.1) is 40.9 Å². The molecule has 3 nitrogen and oxygen atoms in total. The Labute approximate surface area is 149 Å². The molecule has 0 aliphatic carbocycles. The van der Waals surface area contributed by atoms with Crippen LogP contribution in [0.3, 0.4) is 0 Å². The number of unbranched alkanes of at least 4 members (excludes halogenated alkanes) is 3. The van der Waals surface area contributed by atoms with Gasteiger partial charge in [0.1, 0.15) is 0 Å². The van der Waals surface area contributed by atoms with Crippen LogP contribution in [0.4, 0.5) is 22.0 Å². The molecule has 0 radical (unpaired) electrons. The third-order valence-electron chi connectivity index (χ3n) is 4.38. The van der Waals surface area contributed by atoms with Gasteiger partial charge in [0.2, 0.25) is 29.1 Å². The second-order valence-corrected chi connectivity index (χ2v) is 6.23. The van der Waals surface area contributed by atoms with E-state index in [-0.39, 0.29) is 5.92 Å². The van der Waals surface area contributed by atoms with Crippen LogP contribution in [0.2, 0.25) is 0 Å². The SMILES string of the molecule is CCCCCCC(C(=O)OOc1c(F)c(F)c(F)c(F)c1F)C(C)CC. The highest BCUT2D eigenvalue weighted by atomic mass is 19.2. The van der Waals surface area contributed by atoms with Crippen molar-refractivity contribution < 1.29 is 36.5 Å². The van der Waals surface area contributed by atoms with E-state index in [4.69, 9.17) is 0 Å². The molecule has 1 aromatic rings. The molecule has 0 bridgehead atoms. The maximum atomic E-state index is 13.5. The molecule has 2 unspecified atom stereocenters. The zero-order valence-electron chi connectivity index (χ0n) is 15.0. The highest BCUT2D eigenvalue weighted by Gasteiger charge is 2.31. The Kier molecular flexibility index (Phi) is 8.81. The van der Waals surface area contributed by atoms with Crippen molar-refractivity contribution in [2.45, 2.75) is 59.3 Å². The molecule has 0 aromatic heterocycles. The first-order chi connectivity index (χ1) is 12.3. The maximum absolute atomic E-state index is 13.5. The summed E-state index contributed by atoms with van der Waals surface area (Å²) >= 11 is 0. The van der Waals surface area contributed by atoms with Crippen LogP contribution in [0.5, 0.6) is 5.75 Å². The number of benzene rings is 1. The molecule has 0 saturated heterocycles. The van der Waals surface area contributed by atoms with Crippen LogP contribution in [0.15, 0.2) is 0 Å². The molecule has 2 atom stereocenters. The van der Waals surface area contributed by atoms with E-state index in [1.807, 2.05) is 20.8 Å². The zero-order valence-corrected chi connectivity index (χ0v) is 15.0. The standard InChI is InChI=1S/C18H23F5O3/c1-4-6-7-8-9-11(10(3)5-2)18(24)26-25-17-15(22)13(20)12(19)14(21)16(17)23/h10-11H,4-9H2,1-3H3. The summed E-state index contributed by atoms with van der Waals surface area (Å²) in [6, 6.07) is 0. The Balaban J connectivity index is 2.85. The fourth-order valence-electron chi connectivity index (χ4n) is 2.51. The number of carbonyl (C=O) groups is 1. The van der Waals surface area contributed by atoms with Crippen molar-refractivity contribution in [2.24, 2.45) is 11.8 Å². The summed E-state index contributed by atoms with van der Waals surface area (Å²) < 4.78 is 66.3. The lowest BCUT2D eigenvalue weighted by atomic mass is 9.87. The Bertz CT molecular complexity index is 592. The molecule has 26 heavy (non-hydrogen) atoms. The van der Waals surface area contributed by atoms with Gasteiger partial charge in [0.05, 0.1) is 5.92 Å². The van der Waals surface area contributed by atoms with Gasteiger partial charge in [0.15, 0.2) is 0 Å². The van der Waals surface area contributed by atoms with E-state index in [1.54, 1.807) is 0 Å². The van der Waals surface area contributed by atoms with Crippen LogP contribution >= 0.6 is 0 Å². The van der Waals surface area contributed by atoms with Gasteiger partial charge in [-0.3, -0.25) is 4.89 Å². The predicted octanol–water partition coefficient (Wildman–Crippen LogP) is 5.85. The Morgan fingerprint density at radius 2 is 1.42 bits per heavy atom. The Hall–Kier alpha value is -1.86. The topological polar surface area (TPSA) is 35.5 Å². The van der Waals surface area contributed by atoms with Gasteiger partial charge in [-0.1, -0.05) is 52.9 Å². The summed E-state index contributed by atoms with van der Waals surface area (Å²) in [7, 11) is 0. The first kappa shape index (κ1) is 22.2. The minimum atomic E-state index is -2.31. The molecule has 0 aliphatic rings. The van der Waals surface area contributed by atoms with Gasteiger partial charge in [0.25, 0.3) is 5.75 Å². The summed E-state index contributed by atoms with van der Waals surface area (Å²) in [6.07, 6.45) is 4.81. The third-order valence-corrected chi connectivity index (χ3v) is 4.38. The molecule has 0 amide bonds. The summed E-state index contributed by atoms with van der Waals surface area (Å²) in [5.74, 6) is -14.3. The highest BCUT2D eigenvalue weighted by Crippen LogP contribution is 2.30. The van der Waals surface area contributed by atoms with E-state index in [9.17, 15) is 26.7 Å². The van der Waals surface area contributed by atoms with Crippen LogP contribution in [0.25, 0.3) is 0 Å². The number of hydrogen-bond acceptors (Lipinski definition) is 3. The fraction of sp³-hybridized carbons (Fsp3) is 0.611. The third kappa shape index (κ3) is 5.32. The van der Waals surface area contributed by atoms with Crippen molar-refractivity contribution in [3.8, 4) is 5.75 Å². The molecule has 1 aromatic carbocycles. The number of rotatable bonds is 10.